The van der Waals surface area contributed by atoms with E-state index >= 15 is 0 Å². The van der Waals surface area contributed by atoms with Gasteiger partial charge in [-0.3, -0.25) is 9.59 Å². The van der Waals surface area contributed by atoms with E-state index in [0.29, 0.717) is 6.54 Å². The van der Waals surface area contributed by atoms with E-state index in [-0.39, 0.29) is 24.0 Å². The maximum atomic E-state index is 12.3. The predicted molar refractivity (Wildman–Crippen MR) is 79.8 cm³/mol. The maximum absolute atomic E-state index is 12.3. The van der Waals surface area contributed by atoms with Crippen molar-refractivity contribution in [2.75, 3.05) is 7.05 Å². The van der Waals surface area contributed by atoms with Gasteiger partial charge in [-0.25, -0.2) is 0 Å². The number of benzene rings is 1. The molecule has 21 heavy (non-hydrogen) atoms. The molecule has 1 atom stereocenters. The molecule has 0 radical (unpaired) electrons. The molecule has 0 fully saturated rings. The van der Waals surface area contributed by atoms with Gasteiger partial charge in [0.15, 0.2) is 0 Å². The van der Waals surface area contributed by atoms with Gasteiger partial charge in [0.2, 0.25) is 5.91 Å². The topological polar surface area (TPSA) is 77.8 Å². The molecule has 1 amide bonds. The number of rotatable bonds is 6. The lowest BCUT2D eigenvalue weighted by Gasteiger charge is -2.30. The van der Waals surface area contributed by atoms with Crippen LogP contribution in [-0.4, -0.2) is 34.0 Å². The summed E-state index contributed by atoms with van der Waals surface area (Å²) in [4.78, 5) is 25.2. The van der Waals surface area contributed by atoms with Crippen LogP contribution in [0.15, 0.2) is 24.3 Å². The first kappa shape index (κ1) is 17.0. The molecule has 5 heteroatoms. The van der Waals surface area contributed by atoms with Gasteiger partial charge in [0.05, 0.1) is 5.41 Å². The lowest BCUT2D eigenvalue weighted by molar-refractivity contribution is -0.155. The molecule has 0 heterocycles. The standard InChI is InChI=1S/C16H23NO4/c1-11(2)16(3,15(20)21)9-14(19)17(4)10-12-6-5-7-13(18)8-12/h5-8,11,18H,9-10H2,1-4H3,(H,20,21). The van der Waals surface area contributed by atoms with E-state index in [2.05, 4.69) is 0 Å². The summed E-state index contributed by atoms with van der Waals surface area (Å²) < 4.78 is 0. The number of nitrogens with zero attached hydrogens (tertiary/aromatic N) is 1. The number of aromatic hydroxyl groups is 1. The molecule has 1 aromatic rings. The number of carbonyl (C=O) groups excluding carboxylic acids is 1. The van der Waals surface area contributed by atoms with Gasteiger partial charge in [-0.05, 0) is 30.5 Å². The molecule has 5 nitrogen and oxygen atoms in total. The molecule has 0 aliphatic heterocycles. The molecule has 1 aromatic carbocycles. The van der Waals surface area contributed by atoms with E-state index in [1.165, 1.54) is 4.90 Å². The Labute approximate surface area is 125 Å². The average Bonchev–Trinajstić information content (AvgIpc) is 2.37. The van der Waals surface area contributed by atoms with Crippen molar-refractivity contribution in [3.63, 3.8) is 0 Å². The average molecular weight is 293 g/mol. The summed E-state index contributed by atoms with van der Waals surface area (Å²) in [6, 6.07) is 6.66. The van der Waals surface area contributed by atoms with Gasteiger partial charge in [0, 0.05) is 20.0 Å². The Morgan fingerprint density at radius 2 is 1.95 bits per heavy atom. The first-order valence-corrected chi connectivity index (χ1v) is 6.92. The third-order valence-electron chi connectivity index (χ3n) is 4.04. The summed E-state index contributed by atoms with van der Waals surface area (Å²) in [5.74, 6) is -1.19. The Kier molecular flexibility index (Phi) is 5.35. The Hall–Kier alpha value is -2.04. The minimum absolute atomic E-state index is 0.0463. The van der Waals surface area contributed by atoms with Gasteiger partial charge in [-0.2, -0.15) is 0 Å². The smallest absolute Gasteiger partial charge is 0.310 e. The second-order valence-corrected chi connectivity index (χ2v) is 5.97. The van der Waals surface area contributed by atoms with Crippen LogP contribution in [0.1, 0.15) is 32.8 Å². The Balaban J connectivity index is 2.77. The largest absolute Gasteiger partial charge is 0.508 e. The normalized spacial score (nSPS) is 13.8. The summed E-state index contributed by atoms with van der Waals surface area (Å²) in [7, 11) is 1.63. The van der Waals surface area contributed by atoms with Crippen molar-refractivity contribution in [2.24, 2.45) is 11.3 Å². The minimum atomic E-state index is -1.08. The molecule has 0 aliphatic carbocycles. The number of phenolic OH excluding ortho intramolecular Hbond substituents is 1. The zero-order valence-electron chi connectivity index (χ0n) is 13.0. The fourth-order valence-electron chi connectivity index (χ4n) is 1.99. The lowest BCUT2D eigenvalue weighted by Crippen LogP contribution is -2.39. The third kappa shape index (κ3) is 4.21. The van der Waals surface area contributed by atoms with Crippen molar-refractivity contribution < 1.29 is 19.8 Å². The number of carboxylic acids is 1. The summed E-state index contributed by atoms with van der Waals surface area (Å²) >= 11 is 0. The Morgan fingerprint density at radius 1 is 1.33 bits per heavy atom. The summed E-state index contributed by atoms with van der Waals surface area (Å²) in [5, 5.41) is 18.8. The van der Waals surface area contributed by atoms with Gasteiger partial charge in [-0.15, -0.1) is 0 Å². The van der Waals surface area contributed by atoms with Gasteiger partial charge < -0.3 is 15.1 Å². The maximum Gasteiger partial charge on any atom is 0.310 e. The van der Waals surface area contributed by atoms with Crippen molar-refractivity contribution in [1.29, 1.82) is 0 Å². The fourth-order valence-corrected chi connectivity index (χ4v) is 1.99. The summed E-state index contributed by atoms with van der Waals surface area (Å²) in [6.45, 7) is 5.54. The Bertz CT molecular complexity index is 527. The second kappa shape index (κ2) is 6.61. The molecule has 0 saturated carbocycles. The SMILES string of the molecule is CC(C)C(C)(CC(=O)N(C)Cc1cccc(O)c1)C(=O)O. The second-order valence-electron chi connectivity index (χ2n) is 5.97. The molecule has 0 spiro atoms. The summed E-state index contributed by atoms with van der Waals surface area (Å²) in [6.07, 6.45) is -0.0463. The highest BCUT2D eigenvalue weighted by atomic mass is 16.4. The summed E-state index contributed by atoms with van der Waals surface area (Å²) in [5.41, 5.74) is -0.281. The zero-order chi connectivity index (χ0) is 16.2. The first-order valence-electron chi connectivity index (χ1n) is 6.92. The van der Waals surface area contributed by atoms with Crippen LogP contribution in [0, 0.1) is 11.3 Å². The predicted octanol–water partition coefficient (Wildman–Crippen LogP) is 2.49. The fraction of sp³-hybridized carbons (Fsp3) is 0.500. The van der Waals surface area contributed by atoms with Crippen molar-refractivity contribution in [1.82, 2.24) is 4.90 Å². The highest BCUT2D eigenvalue weighted by Crippen LogP contribution is 2.32. The molecular weight excluding hydrogens is 270 g/mol. The number of amides is 1. The number of carbonyl (C=O) groups is 2. The molecule has 0 bridgehead atoms. The number of phenols is 1. The zero-order valence-corrected chi connectivity index (χ0v) is 13.0. The monoisotopic (exact) mass is 293 g/mol. The molecular formula is C16H23NO4. The number of hydrogen-bond acceptors (Lipinski definition) is 3. The molecule has 0 saturated heterocycles. The highest BCUT2D eigenvalue weighted by molar-refractivity contribution is 5.84. The van der Waals surface area contributed by atoms with Crippen LogP contribution in [0.2, 0.25) is 0 Å². The van der Waals surface area contributed by atoms with Crippen LogP contribution in [-0.2, 0) is 16.1 Å². The number of carboxylic acid groups (broad SMARTS) is 1. The first-order chi connectivity index (χ1) is 9.66. The molecule has 0 aliphatic rings. The lowest BCUT2D eigenvalue weighted by atomic mass is 9.76. The van der Waals surface area contributed by atoms with Crippen LogP contribution in [0.4, 0.5) is 0 Å². The van der Waals surface area contributed by atoms with Crippen LogP contribution in [0.3, 0.4) is 0 Å². The molecule has 0 aromatic heterocycles. The molecule has 1 unspecified atom stereocenters. The van der Waals surface area contributed by atoms with Gasteiger partial charge in [0.25, 0.3) is 0 Å². The van der Waals surface area contributed by atoms with Crippen molar-refractivity contribution in [3.8, 4) is 5.75 Å². The van der Waals surface area contributed by atoms with E-state index in [1.807, 2.05) is 6.07 Å². The molecule has 1 rings (SSSR count). The number of aliphatic carboxylic acids is 1. The Morgan fingerprint density at radius 3 is 2.43 bits per heavy atom. The van der Waals surface area contributed by atoms with Crippen LogP contribution < -0.4 is 0 Å². The van der Waals surface area contributed by atoms with E-state index < -0.39 is 11.4 Å². The quantitative estimate of drug-likeness (QED) is 0.844. The van der Waals surface area contributed by atoms with E-state index in [0.717, 1.165) is 5.56 Å². The van der Waals surface area contributed by atoms with E-state index in [1.54, 1.807) is 46.0 Å². The molecule has 2 N–H and O–H groups in total. The van der Waals surface area contributed by atoms with Crippen LogP contribution >= 0.6 is 0 Å². The van der Waals surface area contributed by atoms with Crippen molar-refractivity contribution in [2.45, 2.75) is 33.7 Å². The van der Waals surface area contributed by atoms with Crippen LogP contribution in [0.25, 0.3) is 0 Å². The third-order valence-corrected chi connectivity index (χ3v) is 4.04. The van der Waals surface area contributed by atoms with E-state index in [9.17, 15) is 19.8 Å². The van der Waals surface area contributed by atoms with Crippen molar-refractivity contribution in [3.05, 3.63) is 29.8 Å². The number of hydrogen-bond donors (Lipinski definition) is 2. The minimum Gasteiger partial charge on any atom is -0.508 e. The highest BCUT2D eigenvalue weighted by Gasteiger charge is 2.39. The van der Waals surface area contributed by atoms with Crippen LogP contribution in [0.5, 0.6) is 5.75 Å². The van der Waals surface area contributed by atoms with Gasteiger partial charge in [0.1, 0.15) is 5.75 Å². The molecule has 116 valence electrons. The van der Waals surface area contributed by atoms with E-state index in [4.69, 9.17) is 0 Å². The van der Waals surface area contributed by atoms with Gasteiger partial charge >= 0.3 is 5.97 Å². The van der Waals surface area contributed by atoms with Gasteiger partial charge in [-0.1, -0.05) is 26.0 Å². The van der Waals surface area contributed by atoms with Crippen molar-refractivity contribution >= 4 is 11.9 Å².